The molecule has 1 fully saturated rings. The quantitative estimate of drug-likeness (QED) is 0.578. The molecule has 0 amide bonds. The molecule has 70 valence electrons. The summed E-state index contributed by atoms with van der Waals surface area (Å²) in [5, 5.41) is 0. The van der Waals surface area contributed by atoms with Crippen LogP contribution in [-0.2, 0) is 9.53 Å². The second-order valence-electron chi connectivity index (χ2n) is 3.41. The van der Waals surface area contributed by atoms with Crippen molar-refractivity contribution in [1.82, 2.24) is 10.9 Å². The first-order valence-corrected chi connectivity index (χ1v) is 4.30. The van der Waals surface area contributed by atoms with Crippen LogP contribution >= 0.6 is 0 Å². The highest BCUT2D eigenvalue weighted by Gasteiger charge is 2.31. The lowest BCUT2D eigenvalue weighted by Gasteiger charge is -2.14. The summed E-state index contributed by atoms with van der Waals surface area (Å²) in [6, 6.07) is 0.163. The lowest BCUT2D eigenvalue weighted by atomic mass is 10.0. The van der Waals surface area contributed by atoms with E-state index in [4.69, 9.17) is 4.74 Å². The van der Waals surface area contributed by atoms with Gasteiger partial charge in [-0.2, -0.15) is 0 Å². The van der Waals surface area contributed by atoms with E-state index in [2.05, 4.69) is 10.9 Å². The van der Waals surface area contributed by atoms with Crippen molar-refractivity contribution < 1.29 is 9.53 Å². The average Bonchev–Trinajstić information content (AvgIpc) is 2.33. The molecule has 0 aromatic rings. The summed E-state index contributed by atoms with van der Waals surface area (Å²) in [5.41, 5.74) is 5.90. The fourth-order valence-electron chi connectivity index (χ4n) is 1.21. The smallest absolute Gasteiger partial charge is 0.312 e. The van der Waals surface area contributed by atoms with Gasteiger partial charge < -0.3 is 4.74 Å². The highest BCUT2D eigenvalue weighted by molar-refractivity contribution is 5.74. The summed E-state index contributed by atoms with van der Waals surface area (Å²) in [6.45, 7) is 6.34. The summed E-state index contributed by atoms with van der Waals surface area (Å²) in [5.74, 6) is -0.164. The minimum absolute atomic E-state index is 0.0229. The molecule has 0 saturated carbocycles. The standard InChI is InChI=1S/C8H16N2O2/c1-5(2)12-8(11)7-4-9-10-6(7)3/h5-7,9-10H,4H2,1-3H3. The Bertz CT molecular complexity index is 170. The van der Waals surface area contributed by atoms with Gasteiger partial charge in [-0.05, 0) is 20.8 Å². The Morgan fingerprint density at radius 1 is 1.58 bits per heavy atom. The highest BCUT2D eigenvalue weighted by atomic mass is 16.5. The number of rotatable bonds is 2. The molecule has 4 nitrogen and oxygen atoms in total. The van der Waals surface area contributed by atoms with E-state index < -0.39 is 0 Å². The van der Waals surface area contributed by atoms with Crippen molar-refractivity contribution in [3.05, 3.63) is 0 Å². The lowest BCUT2D eigenvalue weighted by molar-refractivity contribution is -0.152. The number of hydrazine groups is 1. The summed E-state index contributed by atoms with van der Waals surface area (Å²) >= 11 is 0. The van der Waals surface area contributed by atoms with Gasteiger partial charge in [0.25, 0.3) is 0 Å². The van der Waals surface area contributed by atoms with Gasteiger partial charge in [0.05, 0.1) is 12.0 Å². The van der Waals surface area contributed by atoms with Crippen molar-refractivity contribution >= 4 is 5.97 Å². The van der Waals surface area contributed by atoms with Gasteiger partial charge in [0.1, 0.15) is 0 Å². The third-order valence-corrected chi connectivity index (χ3v) is 1.91. The van der Waals surface area contributed by atoms with Crippen molar-refractivity contribution in [3.63, 3.8) is 0 Å². The number of esters is 1. The van der Waals surface area contributed by atoms with Crippen molar-refractivity contribution in [1.29, 1.82) is 0 Å². The summed E-state index contributed by atoms with van der Waals surface area (Å²) in [4.78, 5) is 11.4. The molecular weight excluding hydrogens is 156 g/mol. The Hall–Kier alpha value is -0.610. The summed E-state index contributed by atoms with van der Waals surface area (Å²) in [6.07, 6.45) is -0.0229. The Morgan fingerprint density at radius 3 is 2.67 bits per heavy atom. The summed E-state index contributed by atoms with van der Waals surface area (Å²) < 4.78 is 5.09. The largest absolute Gasteiger partial charge is 0.463 e. The van der Waals surface area contributed by atoms with Crippen molar-refractivity contribution in [2.24, 2.45) is 5.92 Å². The van der Waals surface area contributed by atoms with E-state index in [1.165, 1.54) is 0 Å². The molecule has 0 aromatic heterocycles. The molecule has 0 spiro atoms. The van der Waals surface area contributed by atoms with Gasteiger partial charge in [0.15, 0.2) is 0 Å². The van der Waals surface area contributed by atoms with Crippen LogP contribution in [0.4, 0.5) is 0 Å². The molecule has 1 heterocycles. The molecule has 1 aliphatic rings. The van der Waals surface area contributed by atoms with Crippen LogP contribution in [0.3, 0.4) is 0 Å². The maximum absolute atomic E-state index is 11.4. The number of ether oxygens (including phenoxy) is 1. The van der Waals surface area contributed by atoms with Crippen LogP contribution in [0.15, 0.2) is 0 Å². The molecule has 4 heteroatoms. The highest BCUT2D eigenvalue weighted by Crippen LogP contribution is 2.10. The van der Waals surface area contributed by atoms with Gasteiger partial charge in [0.2, 0.25) is 0 Å². The Kier molecular flexibility index (Phi) is 3.05. The van der Waals surface area contributed by atoms with Crippen LogP contribution in [0.1, 0.15) is 20.8 Å². The third-order valence-electron chi connectivity index (χ3n) is 1.91. The molecule has 12 heavy (non-hydrogen) atoms. The Labute approximate surface area is 72.6 Å². The van der Waals surface area contributed by atoms with Gasteiger partial charge in [-0.15, -0.1) is 0 Å². The predicted octanol–water partition coefficient (Wildman–Crippen LogP) is 0.0505. The molecule has 0 aromatic carbocycles. The molecule has 2 N–H and O–H groups in total. The predicted molar refractivity (Wildman–Crippen MR) is 45.3 cm³/mol. The van der Waals surface area contributed by atoms with Crippen LogP contribution in [-0.4, -0.2) is 24.7 Å². The van der Waals surface area contributed by atoms with Crippen molar-refractivity contribution in [2.45, 2.75) is 32.9 Å². The first-order chi connectivity index (χ1) is 5.61. The van der Waals surface area contributed by atoms with E-state index >= 15 is 0 Å². The van der Waals surface area contributed by atoms with E-state index in [0.29, 0.717) is 6.54 Å². The topological polar surface area (TPSA) is 50.4 Å². The first-order valence-electron chi connectivity index (χ1n) is 4.30. The van der Waals surface area contributed by atoms with E-state index in [1.54, 1.807) is 0 Å². The van der Waals surface area contributed by atoms with Gasteiger partial charge in [-0.25, -0.2) is 0 Å². The van der Waals surface area contributed by atoms with Gasteiger partial charge in [0, 0.05) is 12.6 Å². The van der Waals surface area contributed by atoms with E-state index in [1.807, 2.05) is 20.8 Å². The van der Waals surface area contributed by atoms with Crippen LogP contribution < -0.4 is 10.9 Å². The molecule has 1 saturated heterocycles. The molecule has 2 unspecified atom stereocenters. The molecule has 0 aliphatic carbocycles. The number of carbonyl (C=O) groups is 1. The number of nitrogens with one attached hydrogen (secondary N) is 2. The van der Waals surface area contributed by atoms with E-state index in [0.717, 1.165) is 0 Å². The molecule has 0 bridgehead atoms. The normalized spacial score (nSPS) is 29.3. The molecule has 0 radical (unpaired) electrons. The zero-order valence-corrected chi connectivity index (χ0v) is 7.76. The minimum atomic E-state index is -0.116. The SMILES string of the molecule is CC(C)OC(=O)C1CNNC1C. The first kappa shape index (κ1) is 9.48. The monoisotopic (exact) mass is 172 g/mol. The summed E-state index contributed by atoms with van der Waals surface area (Å²) in [7, 11) is 0. The molecular formula is C8H16N2O2. The Balaban J connectivity index is 2.41. The van der Waals surface area contributed by atoms with Crippen LogP contribution in [0.5, 0.6) is 0 Å². The van der Waals surface area contributed by atoms with Gasteiger partial charge in [-0.3, -0.25) is 15.6 Å². The zero-order valence-electron chi connectivity index (χ0n) is 7.76. The molecule has 2 atom stereocenters. The molecule has 1 rings (SSSR count). The Morgan fingerprint density at radius 2 is 2.25 bits per heavy atom. The maximum atomic E-state index is 11.4. The zero-order chi connectivity index (χ0) is 9.14. The van der Waals surface area contributed by atoms with Crippen LogP contribution in [0, 0.1) is 5.92 Å². The van der Waals surface area contributed by atoms with Crippen LogP contribution in [0.2, 0.25) is 0 Å². The van der Waals surface area contributed by atoms with Gasteiger partial charge in [-0.1, -0.05) is 0 Å². The molecule has 1 aliphatic heterocycles. The fourth-order valence-corrected chi connectivity index (χ4v) is 1.21. The second kappa shape index (κ2) is 3.87. The maximum Gasteiger partial charge on any atom is 0.312 e. The van der Waals surface area contributed by atoms with Crippen LogP contribution in [0.25, 0.3) is 0 Å². The van der Waals surface area contributed by atoms with E-state index in [-0.39, 0.29) is 24.0 Å². The number of carbonyl (C=O) groups excluding carboxylic acids is 1. The third kappa shape index (κ3) is 2.19. The lowest BCUT2D eigenvalue weighted by Crippen LogP contribution is -2.32. The van der Waals surface area contributed by atoms with Gasteiger partial charge >= 0.3 is 5.97 Å². The number of hydrogen-bond acceptors (Lipinski definition) is 4. The average molecular weight is 172 g/mol. The second-order valence-corrected chi connectivity index (χ2v) is 3.41. The van der Waals surface area contributed by atoms with E-state index in [9.17, 15) is 4.79 Å². The minimum Gasteiger partial charge on any atom is -0.463 e. The fraction of sp³-hybridized carbons (Fsp3) is 0.875. The van der Waals surface area contributed by atoms with Crippen molar-refractivity contribution in [3.8, 4) is 0 Å². The van der Waals surface area contributed by atoms with Crippen molar-refractivity contribution in [2.75, 3.05) is 6.54 Å². The number of hydrogen-bond donors (Lipinski definition) is 2.